The molecule has 0 fully saturated rings. The molecule has 7 nitrogen and oxygen atoms in total. The van der Waals surface area contributed by atoms with Crippen LogP contribution >= 0.6 is 12.2 Å². The molecule has 0 saturated carbocycles. The maximum absolute atomic E-state index is 12.6. The molecule has 0 aliphatic rings. The second-order valence-electron chi connectivity index (χ2n) is 7.17. The van der Waals surface area contributed by atoms with Crippen LogP contribution in [-0.2, 0) is 9.53 Å². The first-order chi connectivity index (χ1) is 14.9. The predicted molar refractivity (Wildman–Crippen MR) is 127 cm³/mol. The van der Waals surface area contributed by atoms with E-state index in [1.165, 1.54) is 0 Å². The van der Waals surface area contributed by atoms with Crippen LogP contribution in [0.5, 0.6) is 5.75 Å². The Kier molecular flexibility index (Phi) is 9.93. The Hall–Kier alpha value is -2.97. The number of rotatable bonds is 10. The van der Waals surface area contributed by atoms with Crippen LogP contribution in [0.3, 0.4) is 0 Å². The molecule has 0 unspecified atom stereocenters. The summed E-state index contributed by atoms with van der Waals surface area (Å²) in [6, 6.07) is 14.0. The highest BCUT2D eigenvalue weighted by Gasteiger charge is 2.14. The van der Waals surface area contributed by atoms with E-state index in [4.69, 9.17) is 21.7 Å². The van der Waals surface area contributed by atoms with Crippen molar-refractivity contribution in [3.63, 3.8) is 0 Å². The molecular formula is C23H29N3O4S. The number of ether oxygens (including phenoxy) is 2. The fourth-order valence-electron chi connectivity index (χ4n) is 2.69. The van der Waals surface area contributed by atoms with E-state index >= 15 is 0 Å². The lowest BCUT2D eigenvalue weighted by molar-refractivity contribution is -0.116. The number of hydrogen-bond donors (Lipinski definition) is 3. The fourth-order valence-corrected chi connectivity index (χ4v) is 2.90. The Labute approximate surface area is 188 Å². The quantitative estimate of drug-likeness (QED) is 0.377. The van der Waals surface area contributed by atoms with Crippen LogP contribution in [0, 0.1) is 5.92 Å². The number of thiocarbonyl (C=S) groups is 1. The highest BCUT2D eigenvalue weighted by molar-refractivity contribution is 7.80. The third-order valence-electron chi connectivity index (χ3n) is 4.07. The minimum atomic E-state index is -0.373. The summed E-state index contributed by atoms with van der Waals surface area (Å²) in [7, 11) is 0. The molecule has 166 valence electrons. The monoisotopic (exact) mass is 443 g/mol. The average Bonchev–Trinajstić information content (AvgIpc) is 2.72. The van der Waals surface area contributed by atoms with Crippen LogP contribution < -0.4 is 20.7 Å². The highest BCUT2D eigenvalue weighted by Crippen LogP contribution is 2.18. The van der Waals surface area contributed by atoms with Gasteiger partial charge in [-0.05, 0) is 61.5 Å². The number of anilines is 2. The topological polar surface area (TPSA) is 88.7 Å². The summed E-state index contributed by atoms with van der Waals surface area (Å²) in [5, 5.41) is 8.62. The molecule has 8 heteroatoms. The summed E-state index contributed by atoms with van der Waals surface area (Å²) in [4.78, 5) is 24.5. The summed E-state index contributed by atoms with van der Waals surface area (Å²) < 4.78 is 10.9. The Morgan fingerprint density at radius 1 is 0.968 bits per heavy atom. The SMILES string of the molecule is CCOCCOc1ccccc1C(=O)NC(=S)Nc1ccc(NC(=O)CC(C)C)cc1. The summed E-state index contributed by atoms with van der Waals surface area (Å²) in [6.45, 7) is 7.30. The number of benzene rings is 2. The minimum absolute atomic E-state index is 0.0272. The van der Waals surface area contributed by atoms with Crippen molar-refractivity contribution in [3.05, 3.63) is 54.1 Å². The van der Waals surface area contributed by atoms with Gasteiger partial charge in [-0.25, -0.2) is 0 Å². The first-order valence-corrected chi connectivity index (χ1v) is 10.6. The van der Waals surface area contributed by atoms with E-state index in [0.29, 0.717) is 54.8 Å². The number of nitrogens with one attached hydrogen (secondary N) is 3. The van der Waals surface area contributed by atoms with Crippen LogP contribution in [0.2, 0.25) is 0 Å². The smallest absolute Gasteiger partial charge is 0.261 e. The molecule has 0 radical (unpaired) electrons. The fraction of sp³-hybridized carbons (Fsp3) is 0.348. The Morgan fingerprint density at radius 3 is 2.26 bits per heavy atom. The maximum atomic E-state index is 12.6. The molecule has 2 amide bonds. The van der Waals surface area contributed by atoms with E-state index in [1.54, 1.807) is 48.5 Å². The van der Waals surface area contributed by atoms with Crippen LogP contribution in [0.1, 0.15) is 37.6 Å². The van der Waals surface area contributed by atoms with Crippen molar-refractivity contribution in [2.24, 2.45) is 5.92 Å². The average molecular weight is 444 g/mol. The van der Waals surface area contributed by atoms with Crippen molar-refractivity contribution in [1.29, 1.82) is 0 Å². The predicted octanol–water partition coefficient (Wildman–Crippen LogP) is 4.21. The van der Waals surface area contributed by atoms with Crippen LogP contribution in [0.15, 0.2) is 48.5 Å². The van der Waals surface area contributed by atoms with Gasteiger partial charge in [0.25, 0.3) is 5.91 Å². The first-order valence-electron chi connectivity index (χ1n) is 10.2. The highest BCUT2D eigenvalue weighted by atomic mass is 32.1. The second-order valence-corrected chi connectivity index (χ2v) is 7.58. The van der Waals surface area contributed by atoms with Crippen molar-refractivity contribution in [3.8, 4) is 5.75 Å². The number of hydrogen-bond acceptors (Lipinski definition) is 5. The molecular weight excluding hydrogens is 414 g/mol. The van der Waals surface area contributed by atoms with Crippen LogP contribution in [0.25, 0.3) is 0 Å². The van der Waals surface area contributed by atoms with E-state index in [2.05, 4.69) is 16.0 Å². The van der Waals surface area contributed by atoms with Gasteiger partial charge in [-0.2, -0.15) is 0 Å². The molecule has 0 spiro atoms. The molecule has 0 atom stereocenters. The van der Waals surface area contributed by atoms with E-state index < -0.39 is 0 Å². The third kappa shape index (κ3) is 8.74. The Balaban J connectivity index is 1.90. The Morgan fingerprint density at radius 2 is 1.61 bits per heavy atom. The molecule has 0 aromatic heterocycles. The standard InChI is InChI=1S/C23H29N3O4S/c1-4-29-13-14-30-20-8-6-5-7-19(20)22(28)26-23(31)25-18-11-9-17(10-12-18)24-21(27)15-16(2)3/h5-12,16H,4,13-15H2,1-3H3,(H,24,27)(H2,25,26,28,31). The van der Waals surface area contributed by atoms with Gasteiger partial charge in [0.2, 0.25) is 5.91 Å². The summed E-state index contributed by atoms with van der Waals surface area (Å²) in [6.07, 6.45) is 0.465. The van der Waals surface area contributed by atoms with Gasteiger partial charge < -0.3 is 20.1 Å². The largest absolute Gasteiger partial charge is 0.490 e. The minimum Gasteiger partial charge on any atom is -0.490 e. The molecule has 2 aromatic rings. The van der Waals surface area contributed by atoms with Crippen LogP contribution in [0.4, 0.5) is 11.4 Å². The molecule has 0 aliphatic carbocycles. The normalized spacial score (nSPS) is 10.5. The molecule has 0 bridgehead atoms. The van der Waals surface area contributed by atoms with Gasteiger partial charge in [-0.15, -0.1) is 0 Å². The molecule has 31 heavy (non-hydrogen) atoms. The number of carbonyl (C=O) groups excluding carboxylic acids is 2. The van der Waals surface area contributed by atoms with Gasteiger partial charge in [0.15, 0.2) is 5.11 Å². The lowest BCUT2D eigenvalue weighted by Gasteiger charge is -2.13. The summed E-state index contributed by atoms with van der Waals surface area (Å²) >= 11 is 5.25. The molecule has 2 rings (SSSR count). The van der Waals surface area contributed by atoms with Crippen molar-refractivity contribution in [2.75, 3.05) is 30.5 Å². The van der Waals surface area contributed by atoms with E-state index in [-0.39, 0.29) is 16.9 Å². The maximum Gasteiger partial charge on any atom is 0.261 e. The molecule has 0 heterocycles. The molecule has 3 N–H and O–H groups in total. The van der Waals surface area contributed by atoms with Crippen molar-refractivity contribution in [2.45, 2.75) is 27.2 Å². The number of carbonyl (C=O) groups is 2. The van der Waals surface area contributed by atoms with Crippen molar-refractivity contribution in [1.82, 2.24) is 5.32 Å². The zero-order chi connectivity index (χ0) is 22.6. The van der Waals surface area contributed by atoms with Crippen LogP contribution in [-0.4, -0.2) is 36.7 Å². The van der Waals surface area contributed by atoms with E-state index in [9.17, 15) is 9.59 Å². The zero-order valence-corrected chi connectivity index (χ0v) is 18.9. The van der Waals surface area contributed by atoms with Gasteiger partial charge in [0.1, 0.15) is 12.4 Å². The number of amides is 2. The number of para-hydroxylation sites is 1. The van der Waals surface area contributed by atoms with Crippen molar-refractivity contribution >= 4 is 40.5 Å². The summed E-state index contributed by atoms with van der Waals surface area (Å²) in [5.74, 6) is 0.355. The van der Waals surface area contributed by atoms with Gasteiger partial charge in [-0.3, -0.25) is 14.9 Å². The second kappa shape index (κ2) is 12.7. The Bertz CT molecular complexity index is 885. The molecule has 0 aliphatic heterocycles. The summed E-state index contributed by atoms with van der Waals surface area (Å²) in [5.41, 5.74) is 1.77. The van der Waals surface area contributed by atoms with Gasteiger partial charge >= 0.3 is 0 Å². The van der Waals surface area contributed by atoms with Gasteiger partial charge in [0, 0.05) is 24.4 Å². The van der Waals surface area contributed by atoms with E-state index in [0.717, 1.165) is 0 Å². The lowest BCUT2D eigenvalue weighted by Crippen LogP contribution is -2.34. The van der Waals surface area contributed by atoms with Crippen molar-refractivity contribution < 1.29 is 19.1 Å². The van der Waals surface area contributed by atoms with Gasteiger partial charge in [0.05, 0.1) is 12.2 Å². The molecule has 0 saturated heterocycles. The van der Waals surface area contributed by atoms with Gasteiger partial charge in [-0.1, -0.05) is 26.0 Å². The first kappa shape index (κ1) is 24.3. The third-order valence-corrected chi connectivity index (χ3v) is 4.27. The zero-order valence-electron chi connectivity index (χ0n) is 18.1. The molecule has 2 aromatic carbocycles. The lowest BCUT2D eigenvalue weighted by atomic mass is 10.1. The van der Waals surface area contributed by atoms with E-state index in [1.807, 2.05) is 20.8 Å².